The Morgan fingerprint density at radius 1 is 1.09 bits per heavy atom. The van der Waals surface area contributed by atoms with E-state index in [1.165, 1.54) is 18.5 Å². The number of alkyl halides is 7. The van der Waals surface area contributed by atoms with Gasteiger partial charge >= 0.3 is 30.1 Å². The van der Waals surface area contributed by atoms with Crippen LogP contribution in [0.1, 0.15) is 16.7 Å². The van der Waals surface area contributed by atoms with E-state index < -0.39 is 53.5 Å². The summed E-state index contributed by atoms with van der Waals surface area (Å²) >= 11 is 0. The first kappa shape index (κ1) is 23.9. The Morgan fingerprint density at radius 2 is 1.76 bits per heavy atom. The topological polar surface area (TPSA) is 75.1 Å². The van der Waals surface area contributed by atoms with Crippen LogP contribution in [0.15, 0.2) is 47.8 Å². The maximum absolute atomic E-state index is 14.9. The number of ether oxygens (including phenoxy) is 1. The Balaban J connectivity index is 2.20. The number of anilines is 1. The third-order valence-corrected chi connectivity index (χ3v) is 4.62. The summed E-state index contributed by atoms with van der Waals surface area (Å²) in [4.78, 5) is 28.8. The van der Waals surface area contributed by atoms with E-state index in [1.807, 2.05) is 0 Å². The van der Waals surface area contributed by atoms with Crippen molar-refractivity contribution in [2.75, 3.05) is 12.0 Å². The van der Waals surface area contributed by atoms with Crippen molar-refractivity contribution in [1.29, 1.82) is 0 Å². The molecule has 0 bridgehead atoms. The predicted octanol–water partition coefficient (Wildman–Crippen LogP) is 4.91. The molecule has 1 aliphatic heterocycles. The van der Waals surface area contributed by atoms with E-state index in [2.05, 4.69) is 14.8 Å². The summed E-state index contributed by atoms with van der Waals surface area (Å²) in [5.41, 5.74) is -9.09. The molecule has 1 aliphatic rings. The van der Waals surface area contributed by atoms with E-state index in [1.54, 1.807) is 6.07 Å². The van der Waals surface area contributed by atoms with Crippen molar-refractivity contribution in [3.05, 3.63) is 59.4 Å². The van der Waals surface area contributed by atoms with E-state index in [-0.39, 0.29) is 11.0 Å². The molecule has 33 heavy (non-hydrogen) atoms. The number of rotatable bonds is 3. The van der Waals surface area contributed by atoms with Crippen LogP contribution in [0.5, 0.6) is 0 Å². The van der Waals surface area contributed by atoms with Crippen molar-refractivity contribution in [1.82, 2.24) is 9.99 Å². The molecular weight excluding hydrogens is 465 g/mol. The van der Waals surface area contributed by atoms with Gasteiger partial charge in [0.25, 0.3) is 0 Å². The van der Waals surface area contributed by atoms with E-state index >= 15 is 0 Å². The monoisotopic (exact) mass is 478 g/mol. The van der Waals surface area contributed by atoms with Crippen LogP contribution in [0.2, 0.25) is 0 Å². The molecule has 0 fully saturated rings. The second kappa shape index (κ2) is 8.33. The molecule has 0 atom stereocenters. The number of para-hydroxylation sites is 1. The summed E-state index contributed by atoms with van der Waals surface area (Å²) in [5.74, 6) is 0. The molecule has 3 rings (SSSR count). The van der Waals surface area contributed by atoms with E-state index in [9.17, 15) is 40.3 Å². The first-order valence-electron chi connectivity index (χ1n) is 8.91. The number of carbonyl (C=O) groups is 2. The highest BCUT2D eigenvalue weighted by Crippen LogP contribution is 2.56. The molecule has 2 aromatic rings. The number of halogens is 7. The van der Waals surface area contributed by atoms with E-state index in [4.69, 9.17) is 0 Å². The van der Waals surface area contributed by atoms with Crippen molar-refractivity contribution in [3.8, 4) is 0 Å². The lowest BCUT2D eigenvalue weighted by atomic mass is 9.89. The number of hydrogen-bond donors (Lipinski definition) is 0. The normalized spacial score (nSPS) is 15.1. The fourth-order valence-electron chi connectivity index (χ4n) is 3.11. The molecule has 176 valence electrons. The molecular formula is C19H13F7N4O3. The average molecular weight is 478 g/mol. The van der Waals surface area contributed by atoms with Crippen LogP contribution in [0.3, 0.4) is 0 Å². The molecule has 0 radical (unpaired) electrons. The molecule has 0 saturated heterocycles. The van der Waals surface area contributed by atoms with Gasteiger partial charge in [-0.1, -0.05) is 24.3 Å². The molecule has 14 heteroatoms. The zero-order chi connectivity index (χ0) is 24.6. The molecule has 7 nitrogen and oxygen atoms in total. The van der Waals surface area contributed by atoms with Crippen LogP contribution in [-0.4, -0.2) is 47.8 Å². The number of imide groups is 1. The SMILES string of the molecule is COC(=O)N1C(=O)N(/N=C/c2cccnc2)Cc2cccc(C(F)(C(F)(F)F)C(F)(F)F)c21. The number of pyridine rings is 1. The Labute approximate surface area is 181 Å². The molecule has 0 aliphatic carbocycles. The molecule has 0 spiro atoms. The Hall–Kier alpha value is -3.71. The molecule has 3 amide bonds. The summed E-state index contributed by atoms with van der Waals surface area (Å²) in [6.45, 7) is -0.655. The minimum Gasteiger partial charge on any atom is -0.452 e. The highest BCUT2D eigenvalue weighted by Gasteiger charge is 2.74. The fraction of sp³-hybridized carbons (Fsp3) is 0.263. The second-order valence-corrected chi connectivity index (χ2v) is 6.64. The fourth-order valence-corrected chi connectivity index (χ4v) is 3.11. The van der Waals surface area contributed by atoms with Crippen LogP contribution >= 0.6 is 0 Å². The van der Waals surface area contributed by atoms with Gasteiger partial charge in [0.15, 0.2) is 0 Å². The third-order valence-electron chi connectivity index (χ3n) is 4.62. The highest BCUT2D eigenvalue weighted by molar-refractivity contribution is 6.13. The van der Waals surface area contributed by atoms with Gasteiger partial charge in [-0.25, -0.2) is 19.0 Å². The molecule has 0 unspecified atom stereocenters. The van der Waals surface area contributed by atoms with Crippen LogP contribution in [0, 0.1) is 0 Å². The van der Waals surface area contributed by atoms with Crippen molar-refractivity contribution in [2.45, 2.75) is 24.6 Å². The Kier molecular flexibility index (Phi) is 6.04. The molecule has 2 heterocycles. The smallest absolute Gasteiger partial charge is 0.436 e. The van der Waals surface area contributed by atoms with Gasteiger partial charge in [-0.2, -0.15) is 36.3 Å². The minimum absolute atomic E-state index is 0.124. The maximum atomic E-state index is 14.9. The van der Waals surface area contributed by atoms with Crippen LogP contribution in [-0.2, 0) is 17.0 Å². The van der Waals surface area contributed by atoms with Crippen molar-refractivity contribution < 1.29 is 45.1 Å². The van der Waals surface area contributed by atoms with E-state index in [0.29, 0.717) is 10.6 Å². The number of methoxy groups -OCH3 is 1. The zero-order valence-electron chi connectivity index (χ0n) is 16.5. The van der Waals surface area contributed by atoms with Crippen LogP contribution < -0.4 is 4.90 Å². The summed E-state index contributed by atoms with van der Waals surface area (Å²) in [5, 5.41) is 4.42. The number of hydrazone groups is 1. The third kappa shape index (κ3) is 4.07. The minimum atomic E-state index is -6.46. The number of nitrogens with zero attached hydrogens (tertiary/aromatic N) is 4. The van der Waals surface area contributed by atoms with Gasteiger partial charge in [-0.05, 0) is 11.6 Å². The average Bonchev–Trinajstić information content (AvgIpc) is 2.75. The molecule has 1 aromatic carbocycles. The highest BCUT2D eigenvalue weighted by atomic mass is 19.4. The maximum Gasteiger partial charge on any atom is 0.436 e. The summed E-state index contributed by atoms with van der Waals surface area (Å²) in [6.07, 6.45) is -10.6. The Morgan fingerprint density at radius 3 is 2.30 bits per heavy atom. The standard InChI is InChI=1S/C19H13F7N4O3/c1-33-16(32)30-14-12(10-29(15(30)31)28-9-11-4-3-7-27-8-11)5-2-6-13(14)17(20,18(21,22)23)19(24,25)26/h2-9H,10H2,1H3/b28-9+. The number of carbonyl (C=O) groups excluding carboxylic acids is 2. The van der Waals surface area contributed by atoms with Crippen molar-refractivity contribution in [3.63, 3.8) is 0 Å². The largest absolute Gasteiger partial charge is 0.452 e. The lowest BCUT2D eigenvalue weighted by Crippen LogP contribution is -2.54. The predicted molar refractivity (Wildman–Crippen MR) is 99.0 cm³/mol. The Bertz CT molecular complexity index is 1070. The number of urea groups is 1. The quantitative estimate of drug-likeness (QED) is 0.464. The first-order chi connectivity index (χ1) is 15.3. The number of aromatic nitrogens is 1. The van der Waals surface area contributed by atoms with Gasteiger partial charge in [0, 0.05) is 23.5 Å². The van der Waals surface area contributed by atoms with Gasteiger partial charge in [0.05, 0.1) is 25.6 Å². The molecule has 1 aromatic heterocycles. The summed E-state index contributed by atoms with van der Waals surface area (Å²) < 4.78 is 99.6. The zero-order valence-corrected chi connectivity index (χ0v) is 16.5. The first-order valence-corrected chi connectivity index (χ1v) is 8.91. The van der Waals surface area contributed by atoms with Gasteiger partial charge in [-0.15, -0.1) is 0 Å². The second-order valence-electron chi connectivity index (χ2n) is 6.64. The number of fused-ring (bicyclic) bond motifs is 1. The number of amides is 3. The van der Waals surface area contributed by atoms with Crippen molar-refractivity contribution in [2.24, 2.45) is 5.10 Å². The van der Waals surface area contributed by atoms with Crippen molar-refractivity contribution >= 4 is 24.0 Å². The van der Waals surface area contributed by atoms with Crippen LogP contribution in [0.25, 0.3) is 0 Å². The molecule has 0 saturated carbocycles. The van der Waals surface area contributed by atoms with Gasteiger partial charge in [-0.3, -0.25) is 4.98 Å². The number of benzene rings is 1. The van der Waals surface area contributed by atoms with E-state index in [0.717, 1.165) is 25.5 Å². The van der Waals surface area contributed by atoms with Gasteiger partial charge in [0.2, 0.25) is 0 Å². The molecule has 0 N–H and O–H groups in total. The summed E-state index contributed by atoms with van der Waals surface area (Å²) in [7, 11) is 0.742. The lowest BCUT2D eigenvalue weighted by Gasteiger charge is -2.37. The van der Waals surface area contributed by atoms with Gasteiger partial charge < -0.3 is 4.74 Å². The van der Waals surface area contributed by atoms with Crippen LogP contribution in [0.4, 0.5) is 46.0 Å². The summed E-state index contributed by atoms with van der Waals surface area (Å²) in [6, 6.07) is 3.61. The number of hydrogen-bond acceptors (Lipinski definition) is 5. The van der Waals surface area contributed by atoms with Gasteiger partial charge in [0.1, 0.15) is 0 Å². The lowest BCUT2D eigenvalue weighted by molar-refractivity contribution is -0.348.